The van der Waals surface area contributed by atoms with E-state index in [1.807, 2.05) is 26.8 Å². The summed E-state index contributed by atoms with van der Waals surface area (Å²) in [6, 6.07) is 4.65. The summed E-state index contributed by atoms with van der Waals surface area (Å²) in [5, 5.41) is 2.07. The van der Waals surface area contributed by atoms with Crippen molar-refractivity contribution < 1.29 is 4.79 Å². The number of carbonyl (C=O) groups excluding carboxylic acids is 1. The van der Waals surface area contributed by atoms with Gasteiger partial charge in [-0.25, -0.2) is 0 Å². The molecule has 0 N–H and O–H groups in total. The summed E-state index contributed by atoms with van der Waals surface area (Å²) in [5.41, 5.74) is -0.264. The Labute approximate surface area is 101 Å². The fraction of sp³-hybridized carbons (Fsp3) is 0.615. The smallest absolute Gasteiger partial charge is 0.228 e. The molecule has 16 heavy (non-hydrogen) atoms. The van der Waals surface area contributed by atoms with Gasteiger partial charge in [0, 0.05) is 16.3 Å². The van der Waals surface area contributed by atoms with Gasteiger partial charge in [-0.2, -0.15) is 0 Å². The molecular weight excluding hydrogens is 218 g/mol. The third-order valence-electron chi connectivity index (χ3n) is 2.80. The molecule has 3 heteroatoms. The molecule has 0 aliphatic heterocycles. The fourth-order valence-corrected chi connectivity index (χ4v) is 2.46. The summed E-state index contributed by atoms with van der Waals surface area (Å²) in [5.74, 6) is 0.281. The molecule has 2 nitrogen and oxygen atoms in total. The normalized spacial score (nSPS) is 16.2. The van der Waals surface area contributed by atoms with Crippen molar-refractivity contribution in [3.63, 3.8) is 0 Å². The average Bonchev–Trinajstić information content (AvgIpc) is 2.90. The van der Waals surface area contributed by atoms with Gasteiger partial charge in [0.25, 0.3) is 0 Å². The summed E-state index contributed by atoms with van der Waals surface area (Å²) in [4.78, 5) is 15.6. The highest BCUT2D eigenvalue weighted by molar-refractivity contribution is 7.09. The molecule has 0 radical (unpaired) electrons. The van der Waals surface area contributed by atoms with Gasteiger partial charge in [0.1, 0.15) is 0 Å². The molecule has 88 valence electrons. The zero-order chi connectivity index (χ0) is 11.8. The molecule has 0 bridgehead atoms. The van der Waals surface area contributed by atoms with Crippen LogP contribution >= 0.6 is 11.3 Å². The van der Waals surface area contributed by atoms with Crippen LogP contribution in [0.4, 0.5) is 0 Å². The van der Waals surface area contributed by atoms with E-state index in [4.69, 9.17) is 0 Å². The third kappa shape index (κ3) is 2.64. The maximum atomic E-state index is 12.3. The van der Waals surface area contributed by atoms with Crippen LogP contribution in [-0.4, -0.2) is 16.8 Å². The zero-order valence-corrected chi connectivity index (χ0v) is 11.0. The number of rotatable bonds is 3. The van der Waals surface area contributed by atoms with Crippen molar-refractivity contribution in [3.8, 4) is 0 Å². The minimum absolute atomic E-state index is 0.264. The molecule has 0 saturated heterocycles. The highest BCUT2D eigenvalue weighted by Crippen LogP contribution is 2.32. The van der Waals surface area contributed by atoms with Crippen LogP contribution in [0.25, 0.3) is 0 Å². The Morgan fingerprint density at radius 2 is 2.19 bits per heavy atom. The van der Waals surface area contributed by atoms with Gasteiger partial charge in [-0.15, -0.1) is 11.3 Å². The lowest BCUT2D eigenvalue weighted by Crippen LogP contribution is -2.40. The molecule has 1 fully saturated rings. The van der Waals surface area contributed by atoms with E-state index in [9.17, 15) is 4.79 Å². The Morgan fingerprint density at radius 3 is 2.62 bits per heavy atom. The second-order valence-electron chi connectivity index (χ2n) is 5.49. The molecule has 1 aliphatic rings. The molecule has 1 saturated carbocycles. The lowest BCUT2D eigenvalue weighted by Gasteiger charge is -2.29. The Kier molecular flexibility index (Phi) is 3.06. The third-order valence-corrected chi connectivity index (χ3v) is 3.66. The van der Waals surface area contributed by atoms with Gasteiger partial charge >= 0.3 is 0 Å². The van der Waals surface area contributed by atoms with E-state index in [1.54, 1.807) is 11.3 Å². The maximum absolute atomic E-state index is 12.3. The number of carbonyl (C=O) groups is 1. The second kappa shape index (κ2) is 4.21. The standard InChI is InChI=1S/C13H19NOS/c1-13(2,3)12(15)14(10-6-7-10)9-11-5-4-8-16-11/h4-5,8,10H,6-7,9H2,1-3H3. The van der Waals surface area contributed by atoms with Crippen LogP contribution < -0.4 is 0 Å². The van der Waals surface area contributed by atoms with Crippen molar-refractivity contribution in [3.05, 3.63) is 22.4 Å². The Morgan fingerprint density at radius 1 is 1.50 bits per heavy atom. The lowest BCUT2D eigenvalue weighted by atomic mass is 9.94. The summed E-state index contributed by atoms with van der Waals surface area (Å²) in [6.07, 6.45) is 2.35. The van der Waals surface area contributed by atoms with E-state index in [-0.39, 0.29) is 11.3 Å². The number of thiophene rings is 1. The van der Waals surface area contributed by atoms with Crippen molar-refractivity contribution in [1.29, 1.82) is 0 Å². The van der Waals surface area contributed by atoms with Crippen LogP contribution in [0.3, 0.4) is 0 Å². The Hall–Kier alpha value is -0.830. The van der Waals surface area contributed by atoms with Gasteiger partial charge in [-0.05, 0) is 24.3 Å². The quantitative estimate of drug-likeness (QED) is 0.790. The Bertz CT molecular complexity index is 360. The number of hydrogen-bond donors (Lipinski definition) is 0. The topological polar surface area (TPSA) is 20.3 Å². The minimum atomic E-state index is -0.264. The molecule has 0 spiro atoms. The number of nitrogens with zero attached hydrogens (tertiary/aromatic N) is 1. The molecule has 1 aromatic heterocycles. The van der Waals surface area contributed by atoms with Crippen molar-refractivity contribution in [2.45, 2.75) is 46.2 Å². The first kappa shape index (κ1) is 11.6. The van der Waals surface area contributed by atoms with Crippen LogP contribution in [0.1, 0.15) is 38.5 Å². The van der Waals surface area contributed by atoms with Gasteiger partial charge < -0.3 is 4.90 Å². The second-order valence-corrected chi connectivity index (χ2v) is 6.53. The van der Waals surface area contributed by atoms with Crippen LogP contribution in [0.5, 0.6) is 0 Å². The summed E-state index contributed by atoms with van der Waals surface area (Å²) in [7, 11) is 0. The van der Waals surface area contributed by atoms with E-state index in [2.05, 4.69) is 16.3 Å². The van der Waals surface area contributed by atoms with Gasteiger partial charge in [0.2, 0.25) is 5.91 Å². The van der Waals surface area contributed by atoms with Gasteiger partial charge in [0.15, 0.2) is 0 Å². The average molecular weight is 237 g/mol. The Balaban J connectivity index is 2.09. The largest absolute Gasteiger partial charge is 0.334 e. The monoisotopic (exact) mass is 237 g/mol. The highest BCUT2D eigenvalue weighted by atomic mass is 32.1. The number of amides is 1. The van der Waals surface area contributed by atoms with Crippen LogP contribution in [0, 0.1) is 5.41 Å². The molecular formula is C13H19NOS. The molecule has 1 amide bonds. The minimum Gasteiger partial charge on any atom is -0.334 e. The first-order chi connectivity index (χ1) is 7.48. The van der Waals surface area contributed by atoms with Crippen molar-refractivity contribution in [2.24, 2.45) is 5.41 Å². The first-order valence-corrected chi connectivity index (χ1v) is 6.70. The molecule has 0 atom stereocenters. The van der Waals surface area contributed by atoms with Crippen LogP contribution in [0.2, 0.25) is 0 Å². The molecule has 0 unspecified atom stereocenters. The van der Waals surface area contributed by atoms with Gasteiger partial charge in [-0.3, -0.25) is 4.79 Å². The van der Waals surface area contributed by atoms with Crippen molar-refractivity contribution in [1.82, 2.24) is 4.90 Å². The van der Waals surface area contributed by atoms with Crippen molar-refractivity contribution in [2.75, 3.05) is 0 Å². The van der Waals surface area contributed by atoms with E-state index in [0.29, 0.717) is 6.04 Å². The summed E-state index contributed by atoms with van der Waals surface area (Å²) >= 11 is 1.73. The maximum Gasteiger partial charge on any atom is 0.228 e. The van der Waals surface area contributed by atoms with E-state index < -0.39 is 0 Å². The molecule has 0 aromatic carbocycles. The van der Waals surface area contributed by atoms with Crippen LogP contribution in [0.15, 0.2) is 17.5 Å². The first-order valence-electron chi connectivity index (χ1n) is 5.82. The highest BCUT2D eigenvalue weighted by Gasteiger charge is 2.37. The van der Waals surface area contributed by atoms with Crippen molar-refractivity contribution >= 4 is 17.2 Å². The molecule has 2 rings (SSSR count). The van der Waals surface area contributed by atoms with E-state index in [0.717, 1.165) is 6.54 Å². The molecule has 1 aliphatic carbocycles. The molecule has 1 aromatic rings. The lowest BCUT2D eigenvalue weighted by molar-refractivity contribution is -0.140. The summed E-state index contributed by atoms with van der Waals surface area (Å²) in [6.45, 7) is 6.79. The predicted octanol–water partition coefficient (Wildman–Crippen LogP) is 3.29. The van der Waals surface area contributed by atoms with Crippen LogP contribution in [-0.2, 0) is 11.3 Å². The number of hydrogen-bond acceptors (Lipinski definition) is 2. The SMILES string of the molecule is CC(C)(C)C(=O)N(Cc1cccs1)C1CC1. The molecule has 1 heterocycles. The van der Waals surface area contributed by atoms with Gasteiger partial charge in [0.05, 0.1) is 6.54 Å². The zero-order valence-electron chi connectivity index (χ0n) is 10.2. The van der Waals surface area contributed by atoms with E-state index >= 15 is 0 Å². The predicted molar refractivity (Wildman–Crippen MR) is 67.3 cm³/mol. The van der Waals surface area contributed by atoms with Gasteiger partial charge in [-0.1, -0.05) is 26.8 Å². The summed E-state index contributed by atoms with van der Waals surface area (Å²) < 4.78 is 0. The van der Waals surface area contributed by atoms with E-state index in [1.165, 1.54) is 17.7 Å². The fourth-order valence-electron chi connectivity index (χ4n) is 1.75.